The molecule has 0 bridgehead atoms. The molecule has 1 aromatic heterocycles. The number of hydrogen-bond donors (Lipinski definition) is 0. The minimum absolute atomic E-state index is 0.0872. The molecule has 1 aromatic rings. The van der Waals surface area contributed by atoms with E-state index in [9.17, 15) is 4.79 Å². The van der Waals surface area contributed by atoms with Crippen LogP contribution in [0.2, 0.25) is 0 Å². The van der Waals surface area contributed by atoms with Crippen LogP contribution in [-0.4, -0.2) is 48.2 Å². The summed E-state index contributed by atoms with van der Waals surface area (Å²) in [5, 5.41) is 4.34. The van der Waals surface area contributed by atoms with Gasteiger partial charge in [0.1, 0.15) is 5.78 Å². The molecule has 0 saturated heterocycles. The average molecular weight is 267 g/mol. The Labute approximate surface area is 115 Å². The molecule has 0 aliphatic rings. The van der Waals surface area contributed by atoms with E-state index in [1.54, 1.807) is 13.3 Å². The summed E-state index contributed by atoms with van der Waals surface area (Å²) >= 11 is 0. The van der Waals surface area contributed by atoms with Crippen molar-refractivity contribution in [3.05, 3.63) is 11.9 Å². The number of carbonyl (C=O) groups is 1. The molecule has 0 radical (unpaired) electrons. The first-order valence-corrected chi connectivity index (χ1v) is 6.71. The van der Waals surface area contributed by atoms with Crippen LogP contribution < -0.4 is 4.74 Å². The number of ketones is 1. The largest absolute Gasteiger partial charge is 0.493 e. The molecular formula is C14H25N3O2. The Kier molecular flexibility index (Phi) is 6.02. The number of hydrogen-bond acceptors (Lipinski definition) is 4. The summed E-state index contributed by atoms with van der Waals surface area (Å²) in [6, 6.07) is 0. The van der Waals surface area contributed by atoms with E-state index in [0.29, 0.717) is 12.8 Å². The third kappa shape index (κ3) is 4.67. The van der Waals surface area contributed by atoms with Gasteiger partial charge in [0, 0.05) is 18.9 Å². The number of carbonyl (C=O) groups excluding carboxylic acids is 1. The van der Waals surface area contributed by atoms with Crippen molar-refractivity contribution < 1.29 is 9.53 Å². The van der Waals surface area contributed by atoms with Gasteiger partial charge in [0.05, 0.1) is 25.5 Å². The van der Waals surface area contributed by atoms with Gasteiger partial charge in [-0.25, -0.2) is 0 Å². The maximum atomic E-state index is 11.7. The smallest absolute Gasteiger partial charge is 0.159 e. The highest BCUT2D eigenvalue weighted by Gasteiger charge is 2.14. The van der Waals surface area contributed by atoms with Crippen LogP contribution in [0.1, 0.15) is 26.0 Å². The van der Waals surface area contributed by atoms with Crippen molar-refractivity contribution in [2.75, 3.05) is 27.7 Å². The number of nitrogens with zero attached hydrogens (tertiary/aromatic N) is 3. The van der Waals surface area contributed by atoms with Crippen molar-refractivity contribution in [2.24, 2.45) is 5.92 Å². The van der Waals surface area contributed by atoms with Crippen molar-refractivity contribution in [3.8, 4) is 5.75 Å². The van der Waals surface area contributed by atoms with E-state index in [1.165, 1.54) is 0 Å². The first-order valence-electron chi connectivity index (χ1n) is 6.71. The molecule has 108 valence electrons. The van der Waals surface area contributed by atoms with Crippen LogP contribution in [0, 0.1) is 5.92 Å². The topological polar surface area (TPSA) is 47.4 Å². The lowest BCUT2D eigenvalue weighted by Crippen LogP contribution is -2.20. The number of Topliss-reactive ketones (excluding diaryl/α,β-unsaturated/α-hetero) is 1. The fourth-order valence-corrected chi connectivity index (χ4v) is 1.83. The van der Waals surface area contributed by atoms with Gasteiger partial charge in [-0.2, -0.15) is 5.10 Å². The molecule has 1 heterocycles. The maximum Gasteiger partial charge on any atom is 0.159 e. The zero-order valence-corrected chi connectivity index (χ0v) is 12.6. The summed E-state index contributed by atoms with van der Waals surface area (Å²) in [6.07, 6.45) is 2.96. The molecule has 1 rings (SSSR count). The van der Waals surface area contributed by atoms with Crippen LogP contribution >= 0.6 is 0 Å². The zero-order valence-electron chi connectivity index (χ0n) is 12.6. The average Bonchev–Trinajstić information content (AvgIpc) is 2.75. The van der Waals surface area contributed by atoms with Crippen molar-refractivity contribution in [3.63, 3.8) is 0 Å². The van der Waals surface area contributed by atoms with Crippen molar-refractivity contribution in [1.29, 1.82) is 0 Å². The Hall–Kier alpha value is -1.36. The van der Waals surface area contributed by atoms with E-state index < -0.39 is 0 Å². The first-order chi connectivity index (χ1) is 8.95. The molecule has 0 atom stereocenters. The second-order valence-corrected chi connectivity index (χ2v) is 5.31. The number of rotatable bonds is 8. The van der Waals surface area contributed by atoms with Crippen LogP contribution in [0.5, 0.6) is 5.75 Å². The van der Waals surface area contributed by atoms with Gasteiger partial charge in [-0.1, -0.05) is 13.8 Å². The number of ether oxygens (including phenoxy) is 1. The molecule has 19 heavy (non-hydrogen) atoms. The predicted molar refractivity (Wildman–Crippen MR) is 75.5 cm³/mol. The van der Waals surface area contributed by atoms with E-state index in [0.717, 1.165) is 24.5 Å². The lowest BCUT2D eigenvalue weighted by Gasteiger charge is -2.13. The SMILES string of the molecule is COc1cnn(CCN(C)C)c1CCC(=O)C(C)C. The van der Waals surface area contributed by atoms with Gasteiger partial charge >= 0.3 is 0 Å². The predicted octanol–water partition coefficient (Wildman–Crippen LogP) is 1.61. The molecule has 0 N–H and O–H groups in total. The normalized spacial score (nSPS) is 11.3. The summed E-state index contributed by atoms with van der Waals surface area (Å²) < 4.78 is 7.25. The quantitative estimate of drug-likeness (QED) is 0.718. The van der Waals surface area contributed by atoms with Crippen LogP contribution in [0.4, 0.5) is 0 Å². The van der Waals surface area contributed by atoms with Crippen LogP contribution in [-0.2, 0) is 17.8 Å². The van der Waals surface area contributed by atoms with E-state index in [1.807, 2.05) is 32.6 Å². The van der Waals surface area contributed by atoms with Gasteiger partial charge in [0.25, 0.3) is 0 Å². The summed E-state index contributed by atoms with van der Waals surface area (Å²) in [6.45, 7) is 5.59. The highest BCUT2D eigenvalue weighted by molar-refractivity contribution is 5.80. The molecule has 5 nitrogen and oxygen atoms in total. The van der Waals surface area contributed by atoms with Gasteiger partial charge in [-0.3, -0.25) is 9.48 Å². The van der Waals surface area contributed by atoms with E-state index in [2.05, 4.69) is 10.00 Å². The highest BCUT2D eigenvalue weighted by atomic mass is 16.5. The Morgan fingerprint density at radius 2 is 2.16 bits per heavy atom. The minimum Gasteiger partial charge on any atom is -0.493 e. The lowest BCUT2D eigenvalue weighted by molar-refractivity contribution is -0.121. The van der Waals surface area contributed by atoms with Crippen LogP contribution in [0.15, 0.2) is 6.20 Å². The second kappa shape index (κ2) is 7.28. The zero-order chi connectivity index (χ0) is 14.4. The summed E-state index contributed by atoms with van der Waals surface area (Å²) in [4.78, 5) is 13.8. The van der Waals surface area contributed by atoms with Gasteiger partial charge < -0.3 is 9.64 Å². The van der Waals surface area contributed by atoms with Crippen LogP contribution in [0.25, 0.3) is 0 Å². The van der Waals surface area contributed by atoms with Crippen molar-refractivity contribution in [2.45, 2.75) is 33.2 Å². The molecule has 0 saturated carbocycles. The molecule has 5 heteroatoms. The van der Waals surface area contributed by atoms with Gasteiger partial charge in [-0.15, -0.1) is 0 Å². The molecule has 0 aliphatic carbocycles. The maximum absolute atomic E-state index is 11.7. The van der Waals surface area contributed by atoms with Gasteiger partial charge in [0.15, 0.2) is 5.75 Å². The summed E-state index contributed by atoms with van der Waals surface area (Å²) in [5.41, 5.74) is 1.01. The van der Waals surface area contributed by atoms with E-state index in [4.69, 9.17) is 4.74 Å². The monoisotopic (exact) mass is 267 g/mol. The standard InChI is InChI=1S/C14H25N3O2/c1-11(2)13(18)7-6-12-14(19-5)10-15-17(12)9-8-16(3)4/h10-11H,6-9H2,1-5H3. The molecule has 0 unspecified atom stereocenters. The Balaban J connectivity index is 2.72. The highest BCUT2D eigenvalue weighted by Crippen LogP contribution is 2.20. The molecule has 0 spiro atoms. The fraction of sp³-hybridized carbons (Fsp3) is 0.714. The molecule has 0 aromatic carbocycles. The van der Waals surface area contributed by atoms with Crippen LogP contribution in [0.3, 0.4) is 0 Å². The molecular weight excluding hydrogens is 242 g/mol. The van der Waals surface area contributed by atoms with Crippen molar-refractivity contribution >= 4 is 5.78 Å². The van der Waals surface area contributed by atoms with Gasteiger partial charge in [0.2, 0.25) is 0 Å². The van der Waals surface area contributed by atoms with E-state index >= 15 is 0 Å². The van der Waals surface area contributed by atoms with Crippen molar-refractivity contribution in [1.82, 2.24) is 14.7 Å². The Morgan fingerprint density at radius 1 is 1.47 bits per heavy atom. The Morgan fingerprint density at radius 3 is 2.68 bits per heavy atom. The number of likely N-dealkylation sites (N-methyl/N-ethyl adjacent to an activating group) is 1. The van der Waals surface area contributed by atoms with Gasteiger partial charge in [-0.05, 0) is 20.5 Å². The second-order valence-electron chi connectivity index (χ2n) is 5.31. The Bertz CT molecular complexity index is 411. The minimum atomic E-state index is 0.0872. The fourth-order valence-electron chi connectivity index (χ4n) is 1.83. The summed E-state index contributed by atoms with van der Waals surface area (Å²) in [7, 11) is 5.70. The first kappa shape index (κ1) is 15.7. The van der Waals surface area contributed by atoms with E-state index in [-0.39, 0.29) is 11.7 Å². The number of methoxy groups -OCH3 is 1. The third-order valence-corrected chi connectivity index (χ3v) is 3.14. The number of aromatic nitrogens is 2. The molecule has 0 fully saturated rings. The molecule has 0 amide bonds. The third-order valence-electron chi connectivity index (χ3n) is 3.14. The lowest BCUT2D eigenvalue weighted by atomic mass is 10.0. The molecule has 0 aliphatic heterocycles. The summed E-state index contributed by atoms with van der Waals surface area (Å²) in [5.74, 6) is 1.14.